The number of halogens is 1. The number of carbonyl (C=O) groups is 1. The zero-order chi connectivity index (χ0) is 16.2. The van der Waals surface area contributed by atoms with E-state index in [0.717, 1.165) is 37.3 Å². The Morgan fingerprint density at radius 1 is 1.45 bits per heavy atom. The monoisotopic (exact) mass is 328 g/mol. The van der Waals surface area contributed by atoms with Crippen molar-refractivity contribution in [2.75, 3.05) is 33.4 Å². The van der Waals surface area contributed by atoms with Crippen LogP contribution in [0.15, 0.2) is 0 Å². The lowest BCUT2D eigenvalue weighted by Gasteiger charge is -2.37. The Kier molecular flexibility index (Phi) is 5.83. The third-order valence-corrected chi connectivity index (χ3v) is 4.91. The number of piperidine rings is 1. The van der Waals surface area contributed by atoms with Crippen LogP contribution in [0.25, 0.3) is 0 Å². The standard InChI is InChI=1S/C15H25ClN4O2/c1-11-14(16)12(2)20(19-11)8-13(21)18-9-15(10-22-3)4-6-17-7-5-15/h17H,4-10H2,1-3H3,(H,18,21). The van der Waals surface area contributed by atoms with E-state index in [0.29, 0.717) is 18.2 Å². The highest BCUT2D eigenvalue weighted by Crippen LogP contribution is 2.28. The lowest BCUT2D eigenvalue weighted by atomic mass is 9.79. The number of amides is 1. The molecule has 0 spiro atoms. The van der Waals surface area contributed by atoms with Crippen LogP contribution in [0.5, 0.6) is 0 Å². The lowest BCUT2D eigenvalue weighted by molar-refractivity contribution is -0.122. The van der Waals surface area contributed by atoms with Crippen molar-refractivity contribution in [3.63, 3.8) is 0 Å². The van der Waals surface area contributed by atoms with E-state index < -0.39 is 0 Å². The summed E-state index contributed by atoms with van der Waals surface area (Å²) in [5.41, 5.74) is 1.60. The molecule has 0 aliphatic carbocycles. The van der Waals surface area contributed by atoms with E-state index in [4.69, 9.17) is 16.3 Å². The summed E-state index contributed by atoms with van der Waals surface area (Å²) in [6.07, 6.45) is 2.01. The molecule has 1 fully saturated rings. The second kappa shape index (κ2) is 7.44. The molecule has 0 bridgehead atoms. The highest BCUT2D eigenvalue weighted by Gasteiger charge is 2.32. The zero-order valence-electron chi connectivity index (χ0n) is 13.5. The molecule has 0 saturated carbocycles. The minimum absolute atomic E-state index is 0.0301. The fourth-order valence-corrected chi connectivity index (χ4v) is 3.08. The Morgan fingerprint density at radius 2 is 2.14 bits per heavy atom. The predicted octanol–water partition coefficient (Wildman–Crippen LogP) is 1.29. The van der Waals surface area contributed by atoms with Crippen LogP contribution >= 0.6 is 11.6 Å². The Labute approximate surface area is 136 Å². The van der Waals surface area contributed by atoms with E-state index in [1.807, 2.05) is 13.8 Å². The first-order valence-electron chi connectivity index (χ1n) is 7.63. The lowest BCUT2D eigenvalue weighted by Crippen LogP contribution is -2.47. The Balaban J connectivity index is 1.92. The van der Waals surface area contributed by atoms with Gasteiger partial charge in [0, 0.05) is 19.1 Å². The molecule has 2 heterocycles. The molecule has 2 rings (SSSR count). The molecular formula is C15H25ClN4O2. The molecule has 6 nitrogen and oxygen atoms in total. The van der Waals surface area contributed by atoms with Crippen molar-refractivity contribution in [3.8, 4) is 0 Å². The number of aromatic nitrogens is 2. The van der Waals surface area contributed by atoms with Crippen molar-refractivity contribution in [1.29, 1.82) is 0 Å². The molecule has 0 radical (unpaired) electrons. The van der Waals surface area contributed by atoms with Gasteiger partial charge < -0.3 is 15.4 Å². The van der Waals surface area contributed by atoms with Crippen molar-refractivity contribution in [2.45, 2.75) is 33.2 Å². The summed E-state index contributed by atoms with van der Waals surface area (Å²) < 4.78 is 7.01. The molecule has 1 aromatic rings. The average Bonchev–Trinajstić information content (AvgIpc) is 2.74. The van der Waals surface area contributed by atoms with Gasteiger partial charge in [-0.05, 0) is 39.8 Å². The zero-order valence-corrected chi connectivity index (χ0v) is 14.3. The summed E-state index contributed by atoms with van der Waals surface area (Å²) in [6.45, 7) is 7.13. The molecule has 1 amide bonds. The molecule has 7 heteroatoms. The van der Waals surface area contributed by atoms with Crippen molar-refractivity contribution in [2.24, 2.45) is 5.41 Å². The van der Waals surface area contributed by atoms with Gasteiger partial charge in [-0.3, -0.25) is 9.48 Å². The highest BCUT2D eigenvalue weighted by atomic mass is 35.5. The summed E-state index contributed by atoms with van der Waals surface area (Å²) >= 11 is 6.11. The van der Waals surface area contributed by atoms with Gasteiger partial charge in [-0.25, -0.2) is 0 Å². The number of hydrogen-bond donors (Lipinski definition) is 2. The van der Waals surface area contributed by atoms with Gasteiger partial charge in [0.25, 0.3) is 0 Å². The number of nitrogens with one attached hydrogen (secondary N) is 2. The van der Waals surface area contributed by atoms with E-state index in [1.54, 1.807) is 11.8 Å². The minimum Gasteiger partial charge on any atom is -0.384 e. The fourth-order valence-electron chi connectivity index (χ4n) is 2.94. The number of rotatable bonds is 6. The number of hydrogen-bond acceptors (Lipinski definition) is 4. The first kappa shape index (κ1) is 17.2. The number of carbonyl (C=O) groups excluding carboxylic acids is 1. The van der Waals surface area contributed by atoms with Crippen LogP contribution in [-0.2, 0) is 16.1 Å². The normalized spacial score (nSPS) is 17.5. The van der Waals surface area contributed by atoms with E-state index in [-0.39, 0.29) is 17.9 Å². The smallest absolute Gasteiger partial charge is 0.241 e. The second-order valence-electron chi connectivity index (χ2n) is 6.10. The van der Waals surface area contributed by atoms with E-state index in [2.05, 4.69) is 15.7 Å². The van der Waals surface area contributed by atoms with Crippen LogP contribution in [0, 0.1) is 19.3 Å². The van der Waals surface area contributed by atoms with Crippen LogP contribution in [0.2, 0.25) is 5.02 Å². The number of nitrogens with zero attached hydrogens (tertiary/aromatic N) is 2. The van der Waals surface area contributed by atoms with Gasteiger partial charge in [-0.2, -0.15) is 5.10 Å². The van der Waals surface area contributed by atoms with Gasteiger partial charge in [0.15, 0.2) is 0 Å². The van der Waals surface area contributed by atoms with Gasteiger partial charge in [0.1, 0.15) is 6.54 Å². The molecule has 124 valence electrons. The molecular weight excluding hydrogens is 304 g/mol. The molecule has 0 aromatic carbocycles. The predicted molar refractivity (Wildman–Crippen MR) is 86.1 cm³/mol. The largest absolute Gasteiger partial charge is 0.384 e. The minimum atomic E-state index is -0.0451. The molecule has 22 heavy (non-hydrogen) atoms. The van der Waals surface area contributed by atoms with Gasteiger partial charge in [-0.15, -0.1) is 0 Å². The third-order valence-electron chi connectivity index (χ3n) is 4.36. The Hall–Kier alpha value is -1.11. The maximum atomic E-state index is 12.2. The molecule has 1 aliphatic rings. The summed E-state index contributed by atoms with van der Waals surface area (Å²) in [5.74, 6) is -0.0451. The Bertz CT molecular complexity index is 518. The number of aryl methyl sites for hydroxylation is 1. The first-order valence-corrected chi connectivity index (χ1v) is 8.01. The SMILES string of the molecule is COCC1(CNC(=O)Cn2nc(C)c(Cl)c2C)CCNCC1. The maximum Gasteiger partial charge on any atom is 0.241 e. The third kappa shape index (κ3) is 4.00. The van der Waals surface area contributed by atoms with Crippen molar-refractivity contribution >= 4 is 17.5 Å². The molecule has 0 unspecified atom stereocenters. The van der Waals surface area contributed by atoms with E-state index in [9.17, 15) is 4.79 Å². The van der Waals surface area contributed by atoms with Crippen LogP contribution < -0.4 is 10.6 Å². The maximum absolute atomic E-state index is 12.2. The molecule has 2 N–H and O–H groups in total. The quantitative estimate of drug-likeness (QED) is 0.825. The van der Waals surface area contributed by atoms with Crippen LogP contribution in [0.3, 0.4) is 0 Å². The van der Waals surface area contributed by atoms with Crippen molar-refractivity contribution in [3.05, 3.63) is 16.4 Å². The molecule has 1 aromatic heterocycles. The topological polar surface area (TPSA) is 68.2 Å². The van der Waals surface area contributed by atoms with Crippen LogP contribution in [-0.4, -0.2) is 49.0 Å². The molecule has 0 atom stereocenters. The van der Waals surface area contributed by atoms with Gasteiger partial charge in [-0.1, -0.05) is 11.6 Å². The summed E-state index contributed by atoms with van der Waals surface area (Å²) in [5, 5.41) is 11.3. The van der Waals surface area contributed by atoms with Gasteiger partial charge in [0.05, 0.1) is 23.0 Å². The first-order chi connectivity index (χ1) is 10.5. The highest BCUT2D eigenvalue weighted by molar-refractivity contribution is 6.31. The fraction of sp³-hybridized carbons (Fsp3) is 0.733. The molecule has 1 saturated heterocycles. The van der Waals surface area contributed by atoms with Gasteiger partial charge in [0.2, 0.25) is 5.91 Å². The summed E-state index contributed by atoms with van der Waals surface area (Å²) in [6, 6.07) is 0. The van der Waals surface area contributed by atoms with Crippen molar-refractivity contribution < 1.29 is 9.53 Å². The number of ether oxygens (including phenoxy) is 1. The van der Waals surface area contributed by atoms with Crippen molar-refractivity contribution in [1.82, 2.24) is 20.4 Å². The van der Waals surface area contributed by atoms with E-state index >= 15 is 0 Å². The summed E-state index contributed by atoms with van der Waals surface area (Å²) in [4.78, 5) is 12.2. The Morgan fingerprint density at radius 3 is 2.68 bits per heavy atom. The average molecular weight is 329 g/mol. The second-order valence-corrected chi connectivity index (χ2v) is 6.48. The van der Waals surface area contributed by atoms with Crippen LogP contribution in [0.1, 0.15) is 24.2 Å². The summed E-state index contributed by atoms with van der Waals surface area (Å²) in [7, 11) is 1.71. The molecule has 1 aliphatic heterocycles. The van der Waals surface area contributed by atoms with Gasteiger partial charge >= 0.3 is 0 Å². The number of methoxy groups -OCH3 is 1. The van der Waals surface area contributed by atoms with E-state index in [1.165, 1.54) is 0 Å². The van der Waals surface area contributed by atoms with Crippen LogP contribution in [0.4, 0.5) is 0 Å².